The van der Waals surface area contributed by atoms with Crippen LogP contribution in [0.15, 0.2) is 35.9 Å². The molecule has 0 bridgehead atoms. The third-order valence-corrected chi connectivity index (χ3v) is 5.47. The summed E-state index contributed by atoms with van der Waals surface area (Å²) in [5.74, 6) is -0.367. The number of methoxy groups -OCH3 is 1. The van der Waals surface area contributed by atoms with Crippen molar-refractivity contribution >= 4 is 12.0 Å². The second-order valence-electron chi connectivity index (χ2n) is 8.00. The number of benzene rings is 1. The van der Waals surface area contributed by atoms with Crippen molar-refractivity contribution in [2.24, 2.45) is 0 Å². The van der Waals surface area contributed by atoms with Crippen LogP contribution in [0.4, 0.5) is 0 Å². The summed E-state index contributed by atoms with van der Waals surface area (Å²) < 4.78 is 7.44. The Bertz CT molecular complexity index is 968. The monoisotopic (exact) mass is 422 g/mol. The zero-order chi connectivity index (χ0) is 23.0. The standard InChI is InChI=1S/C25H34N4O2/c1-7-28(5)16-22-10-8-9-21(12-22)15-27-25(30)24(14-26)13-23-11-18(2)29(20(23)4)19(3)17-31-6/h8-13,19H,7,15-17H2,1-6H3,(H,27,30)/b24-13+. The van der Waals surface area contributed by atoms with Gasteiger partial charge in [0.15, 0.2) is 0 Å². The van der Waals surface area contributed by atoms with Crippen LogP contribution in [0.25, 0.3) is 6.08 Å². The lowest BCUT2D eigenvalue weighted by molar-refractivity contribution is -0.117. The first-order valence-corrected chi connectivity index (χ1v) is 10.6. The molecule has 0 saturated heterocycles. The van der Waals surface area contributed by atoms with Crippen molar-refractivity contribution in [2.75, 3.05) is 27.3 Å². The smallest absolute Gasteiger partial charge is 0.262 e. The summed E-state index contributed by atoms with van der Waals surface area (Å²) in [5, 5.41) is 12.5. The summed E-state index contributed by atoms with van der Waals surface area (Å²) in [4.78, 5) is 14.9. The lowest BCUT2D eigenvalue weighted by Gasteiger charge is -2.17. The number of carbonyl (C=O) groups is 1. The fourth-order valence-corrected chi connectivity index (χ4v) is 3.79. The van der Waals surface area contributed by atoms with Crippen LogP contribution in [0.5, 0.6) is 0 Å². The molecule has 1 unspecified atom stereocenters. The van der Waals surface area contributed by atoms with Crippen molar-refractivity contribution in [2.45, 2.75) is 46.8 Å². The number of nitrogens with one attached hydrogen (secondary N) is 1. The van der Waals surface area contributed by atoms with E-state index < -0.39 is 0 Å². The molecule has 1 amide bonds. The highest BCUT2D eigenvalue weighted by Gasteiger charge is 2.15. The van der Waals surface area contributed by atoms with Crippen molar-refractivity contribution in [1.29, 1.82) is 5.26 Å². The number of hydrogen-bond acceptors (Lipinski definition) is 4. The minimum atomic E-state index is -0.367. The van der Waals surface area contributed by atoms with E-state index in [9.17, 15) is 10.1 Å². The average Bonchev–Trinajstić information content (AvgIpc) is 3.03. The molecule has 2 rings (SSSR count). The SMILES string of the molecule is CCN(C)Cc1cccc(CNC(=O)/C(C#N)=C/c2cc(C)n(C(C)COC)c2C)c1. The van der Waals surface area contributed by atoms with Crippen molar-refractivity contribution < 1.29 is 9.53 Å². The molecule has 2 aromatic rings. The van der Waals surface area contributed by atoms with E-state index in [1.807, 2.05) is 32.0 Å². The van der Waals surface area contributed by atoms with E-state index in [1.165, 1.54) is 5.56 Å². The molecule has 1 aromatic heterocycles. The van der Waals surface area contributed by atoms with Crippen LogP contribution in [0.1, 0.15) is 48.0 Å². The third-order valence-electron chi connectivity index (χ3n) is 5.47. The second-order valence-corrected chi connectivity index (χ2v) is 8.00. The van der Waals surface area contributed by atoms with E-state index in [1.54, 1.807) is 13.2 Å². The Labute approximate surface area is 186 Å². The van der Waals surface area contributed by atoms with Gasteiger partial charge in [0.1, 0.15) is 11.6 Å². The molecule has 6 heteroatoms. The minimum Gasteiger partial charge on any atom is -0.383 e. The van der Waals surface area contributed by atoms with Crippen LogP contribution in [0.2, 0.25) is 0 Å². The van der Waals surface area contributed by atoms with Gasteiger partial charge in [0.2, 0.25) is 0 Å². The maximum atomic E-state index is 12.7. The van der Waals surface area contributed by atoms with Crippen molar-refractivity contribution in [3.8, 4) is 6.07 Å². The quantitative estimate of drug-likeness (QED) is 0.464. The zero-order valence-electron chi connectivity index (χ0n) is 19.5. The Kier molecular flexibility index (Phi) is 9.04. The van der Waals surface area contributed by atoms with Gasteiger partial charge in [-0.05, 0) is 63.2 Å². The molecule has 1 atom stereocenters. The lowest BCUT2D eigenvalue weighted by Crippen LogP contribution is -2.24. The normalized spacial score (nSPS) is 12.6. The van der Waals surface area contributed by atoms with Gasteiger partial charge in [0.05, 0.1) is 12.6 Å². The molecule has 0 aliphatic rings. The summed E-state index contributed by atoms with van der Waals surface area (Å²) in [6, 6.07) is 12.4. The Hall–Kier alpha value is -2.88. The lowest BCUT2D eigenvalue weighted by atomic mass is 10.1. The third kappa shape index (κ3) is 6.55. The van der Waals surface area contributed by atoms with Gasteiger partial charge < -0.3 is 19.5 Å². The number of rotatable bonds is 10. The van der Waals surface area contributed by atoms with Gasteiger partial charge in [-0.1, -0.05) is 31.2 Å². The number of ether oxygens (including phenoxy) is 1. The molecule has 1 aromatic carbocycles. The fraction of sp³-hybridized carbons (Fsp3) is 0.440. The Morgan fingerprint density at radius 1 is 1.32 bits per heavy atom. The van der Waals surface area contributed by atoms with Crippen LogP contribution >= 0.6 is 0 Å². The molecule has 0 aliphatic heterocycles. The first-order chi connectivity index (χ1) is 14.8. The van der Waals surface area contributed by atoms with Crippen molar-refractivity contribution in [3.63, 3.8) is 0 Å². The first kappa shape index (κ1) is 24.4. The van der Waals surface area contributed by atoms with Gasteiger partial charge in [-0.2, -0.15) is 5.26 Å². The number of aryl methyl sites for hydroxylation is 1. The van der Waals surface area contributed by atoms with Gasteiger partial charge >= 0.3 is 0 Å². The van der Waals surface area contributed by atoms with E-state index in [0.29, 0.717) is 13.2 Å². The van der Waals surface area contributed by atoms with E-state index in [4.69, 9.17) is 4.74 Å². The van der Waals surface area contributed by atoms with Crippen LogP contribution in [-0.4, -0.2) is 42.7 Å². The van der Waals surface area contributed by atoms with E-state index in [-0.39, 0.29) is 17.5 Å². The van der Waals surface area contributed by atoms with Gasteiger partial charge in [0, 0.05) is 31.6 Å². The molecule has 31 heavy (non-hydrogen) atoms. The largest absolute Gasteiger partial charge is 0.383 e. The number of nitriles is 1. The maximum absolute atomic E-state index is 12.7. The molecule has 0 fully saturated rings. The summed E-state index contributed by atoms with van der Waals surface area (Å²) in [5.41, 5.74) is 5.26. The molecular weight excluding hydrogens is 388 g/mol. The minimum absolute atomic E-state index is 0.0986. The summed E-state index contributed by atoms with van der Waals surface area (Å²) in [7, 11) is 3.76. The topological polar surface area (TPSA) is 70.3 Å². The number of hydrogen-bond donors (Lipinski definition) is 1. The Morgan fingerprint density at radius 2 is 2.03 bits per heavy atom. The van der Waals surface area contributed by atoms with Gasteiger partial charge in [-0.3, -0.25) is 4.79 Å². The molecule has 0 aliphatic carbocycles. The van der Waals surface area contributed by atoms with Crippen LogP contribution < -0.4 is 5.32 Å². The van der Waals surface area contributed by atoms with Gasteiger partial charge in [-0.25, -0.2) is 0 Å². The molecule has 6 nitrogen and oxygen atoms in total. The molecule has 0 radical (unpaired) electrons. The van der Waals surface area contributed by atoms with Crippen molar-refractivity contribution in [1.82, 2.24) is 14.8 Å². The van der Waals surface area contributed by atoms with E-state index >= 15 is 0 Å². The number of carbonyl (C=O) groups excluding carboxylic acids is 1. The fourth-order valence-electron chi connectivity index (χ4n) is 3.79. The predicted molar refractivity (Wildman–Crippen MR) is 124 cm³/mol. The molecule has 1 N–H and O–H groups in total. The van der Waals surface area contributed by atoms with Crippen LogP contribution in [-0.2, 0) is 22.6 Å². The summed E-state index contributed by atoms with van der Waals surface area (Å²) >= 11 is 0. The Morgan fingerprint density at radius 3 is 2.68 bits per heavy atom. The first-order valence-electron chi connectivity index (χ1n) is 10.6. The van der Waals surface area contributed by atoms with Crippen LogP contribution in [0, 0.1) is 25.2 Å². The summed E-state index contributed by atoms with van der Waals surface area (Å²) in [6.07, 6.45) is 1.67. The highest BCUT2D eigenvalue weighted by Crippen LogP contribution is 2.23. The predicted octanol–water partition coefficient (Wildman–Crippen LogP) is 3.99. The second kappa shape index (κ2) is 11.5. The van der Waals surface area contributed by atoms with Gasteiger partial charge in [0.25, 0.3) is 5.91 Å². The highest BCUT2D eigenvalue weighted by atomic mass is 16.5. The summed E-state index contributed by atoms with van der Waals surface area (Å²) in [6.45, 7) is 11.0. The zero-order valence-corrected chi connectivity index (χ0v) is 19.5. The molecule has 0 saturated carbocycles. The van der Waals surface area contributed by atoms with E-state index in [2.05, 4.69) is 53.9 Å². The molecule has 0 spiro atoms. The molecular formula is C25H34N4O2. The number of nitrogens with zero attached hydrogens (tertiary/aromatic N) is 3. The maximum Gasteiger partial charge on any atom is 0.262 e. The van der Waals surface area contributed by atoms with E-state index in [0.717, 1.165) is 35.6 Å². The highest BCUT2D eigenvalue weighted by molar-refractivity contribution is 6.01. The number of aromatic nitrogens is 1. The molecule has 166 valence electrons. The average molecular weight is 423 g/mol. The van der Waals surface area contributed by atoms with Gasteiger partial charge in [-0.15, -0.1) is 0 Å². The Balaban J connectivity index is 2.13. The van der Waals surface area contributed by atoms with Crippen molar-refractivity contribution in [3.05, 3.63) is 64.0 Å². The van der Waals surface area contributed by atoms with Crippen LogP contribution in [0.3, 0.4) is 0 Å². The number of amides is 1. The molecule has 1 heterocycles.